The largest absolute Gasteiger partial charge is 0.508 e. The lowest BCUT2D eigenvalue weighted by Gasteiger charge is -1.99. The minimum absolute atomic E-state index is 0.298. The summed E-state index contributed by atoms with van der Waals surface area (Å²) in [5, 5.41) is 64.5. The molecule has 0 aliphatic heterocycles. The first-order chi connectivity index (χ1) is 11.5. The second kappa shape index (κ2) is 17.7. The first-order valence-electron chi connectivity index (χ1n) is 6.26. The van der Waals surface area contributed by atoms with Crippen molar-refractivity contribution in [3.8, 4) is 23.0 Å². The van der Waals surface area contributed by atoms with Gasteiger partial charge in [0.2, 0.25) is 5.75 Å². The lowest BCUT2D eigenvalue weighted by atomic mass is 10.3. The molecule has 0 aliphatic carbocycles. The lowest BCUT2D eigenvalue weighted by Crippen LogP contribution is -1.78. The van der Waals surface area contributed by atoms with Crippen LogP contribution in [0.25, 0.3) is 0 Å². The molecular weight excluding hydrogens is 360 g/mol. The van der Waals surface area contributed by atoms with Gasteiger partial charge in [-0.3, -0.25) is 19.2 Å². The number of carboxylic acid groups (broad SMARTS) is 4. The van der Waals surface area contributed by atoms with E-state index in [0.717, 1.165) is 39.8 Å². The molecule has 0 aliphatic rings. The molecule has 0 saturated carbocycles. The second-order valence-corrected chi connectivity index (χ2v) is 3.91. The highest BCUT2D eigenvalue weighted by atomic mass is 16.4. The van der Waals surface area contributed by atoms with Crippen LogP contribution in [0.1, 0.15) is 27.7 Å². The molecule has 0 heterocycles. The third-order valence-electron chi connectivity index (χ3n) is 1.05. The van der Waals surface area contributed by atoms with E-state index in [9.17, 15) is 0 Å². The predicted octanol–water partition coefficient (Wildman–Crippen LogP) is 0.873. The van der Waals surface area contributed by atoms with Crippen molar-refractivity contribution >= 4 is 23.9 Å². The minimum atomic E-state index is -0.833. The number of aromatic hydroxyl groups is 4. The maximum absolute atomic E-state index is 9.00. The van der Waals surface area contributed by atoms with Crippen LogP contribution in [0.3, 0.4) is 0 Å². The standard InChI is InChI=1S/C6H6O4.4C2H4O2/c7-3-1-4(8)6(10)5(9)2-3;4*1-2(3)4/h1-2,7-10H;4*1H3,(H,3,4). The van der Waals surface area contributed by atoms with Gasteiger partial charge in [-0.25, -0.2) is 0 Å². The molecule has 12 nitrogen and oxygen atoms in total. The Labute approximate surface area is 147 Å². The first kappa shape index (κ1) is 30.2. The van der Waals surface area contributed by atoms with Crippen LogP contribution in [-0.2, 0) is 19.2 Å². The minimum Gasteiger partial charge on any atom is -0.508 e. The van der Waals surface area contributed by atoms with E-state index in [1.165, 1.54) is 0 Å². The second-order valence-electron chi connectivity index (χ2n) is 3.91. The van der Waals surface area contributed by atoms with Gasteiger partial charge in [-0.15, -0.1) is 0 Å². The van der Waals surface area contributed by atoms with E-state index in [2.05, 4.69) is 0 Å². The van der Waals surface area contributed by atoms with E-state index >= 15 is 0 Å². The van der Waals surface area contributed by atoms with Crippen molar-refractivity contribution < 1.29 is 60.0 Å². The summed E-state index contributed by atoms with van der Waals surface area (Å²) in [4.78, 5) is 36.0. The van der Waals surface area contributed by atoms with E-state index in [4.69, 9.17) is 60.0 Å². The third-order valence-corrected chi connectivity index (χ3v) is 1.05. The fraction of sp³-hybridized carbons (Fsp3) is 0.286. The summed E-state index contributed by atoms with van der Waals surface area (Å²) < 4.78 is 0. The first-order valence-corrected chi connectivity index (χ1v) is 6.26. The van der Waals surface area contributed by atoms with Crippen molar-refractivity contribution in [1.29, 1.82) is 0 Å². The van der Waals surface area contributed by atoms with Gasteiger partial charge in [0, 0.05) is 39.8 Å². The summed E-state index contributed by atoms with van der Waals surface area (Å²) in [6, 6.07) is 1.85. The average molecular weight is 382 g/mol. The molecule has 0 radical (unpaired) electrons. The van der Waals surface area contributed by atoms with Gasteiger partial charge in [0.25, 0.3) is 23.9 Å². The van der Waals surface area contributed by atoms with Crippen LogP contribution >= 0.6 is 0 Å². The summed E-state index contributed by atoms with van der Waals surface area (Å²) in [6.07, 6.45) is 0. The van der Waals surface area contributed by atoms with E-state index in [1.807, 2.05) is 0 Å². The molecular formula is C14H22O12. The molecule has 0 aromatic heterocycles. The van der Waals surface area contributed by atoms with Crippen LogP contribution in [0.4, 0.5) is 0 Å². The Morgan fingerprint density at radius 1 is 0.577 bits per heavy atom. The summed E-state index contributed by atoms with van der Waals surface area (Å²) in [7, 11) is 0. The normalized spacial score (nSPS) is 7.54. The predicted molar refractivity (Wildman–Crippen MR) is 86.3 cm³/mol. The molecule has 0 saturated heterocycles. The molecule has 0 unspecified atom stereocenters. The summed E-state index contributed by atoms with van der Waals surface area (Å²) >= 11 is 0. The fourth-order valence-electron chi connectivity index (χ4n) is 0.590. The monoisotopic (exact) mass is 382 g/mol. The van der Waals surface area contributed by atoms with Gasteiger partial charge < -0.3 is 40.9 Å². The Kier molecular flexibility index (Phi) is 20.5. The highest BCUT2D eigenvalue weighted by molar-refractivity contribution is 5.63. The van der Waals surface area contributed by atoms with Gasteiger partial charge >= 0.3 is 0 Å². The van der Waals surface area contributed by atoms with Gasteiger partial charge in [0.1, 0.15) is 5.75 Å². The molecule has 0 spiro atoms. The number of hydrogen-bond donors (Lipinski definition) is 8. The Morgan fingerprint density at radius 3 is 0.885 bits per heavy atom. The van der Waals surface area contributed by atoms with Crippen molar-refractivity contribution in [1.82, 2.24) is 0 Å². The number of carboxylic acids is 4. The van der Waals surface area contributed by atoms with E-state index in [-0.39, 0.29) is 5.75 Å². The van der Waals surface area contributed by atoms with Gasteiger partial charge in [-0.05, 0) is 0 Å². The zero-order valence-electron chi connectivity index (χ0n) is 14.4. The highest BCUT2D eigenvalue weighted by Crippen LogP contribution is 2.37. The van der Waals surface area contributed by atoms with Crippen LogP contribution in [-0.4, -0.2) is 64.7 Å². The summed E-state index contributed by atoms with van der Waals surface area (Å²) in [6.45, 7) is 4.33. The Morgan fingerprint density at radius 2 is 0.731 bits per heavy atom. The molecule has 1 aromatic carbocycles. The highest BCUT2D eigenvalue weighted by Gasteiger charge is 2.05. The summed E-state index contributed by atoms with van der Waals surface area (Å²) in [5.41, 5.74) is 0. The van der Waals surface area contributed by atoms with Crippen LogP contribution in [0.5, 0.6) is 23.0 Å². The van der Waals surface area contributed by atoms with Crippen molar-refractivity contribution in [2.45, 2.75) is 27.7 Å². The summed E-state index contributed by atoms with van der Waals surface area (Å²) in [5.74, 6) is -5.35. The van der Waals surface area contributed by atoms with Gasteiger partial charge in [-0.2, -0.15) is 0 Å². The van der Waals surface area contributed by atoms with Gasteiger partial charge in [0.05, 0.1) is 0 Å². The molecule has 1 aromatic rings. The Hall–Kier alpha value is -3.70. The van der Waals surface area contributed by atoms with Crippen LogP contribution in [0.2, 0.25) is 0 Å². The topological polar surface area (TPSA) is 230 Å². The van der Waals surface area contributed by atoms with Crippen LogP contribution in [0, 0.1) is 0 Å². The molecule has 26 heavy (non-hydrogen) atoms. The quantitative estimate of drug-likeness (QED) is 0.231. The lowest BCUT2D eigenvalue weighted by molar-refractivity contribution is -0.135. The van der Waals surface area contributed by atoms with Crippen molar-refractivity contribution in [3.63, 3.8) is 0 Å². The van der Waals surface area contributed by atoms with Crippen molar-refractivity contribution in [2.75, 3.05) is 0 Å². The van der Waals surface area contributed by atoms with Gasteiger partial charge in [-0.1, -0.05) is 0 Å². The number of phenols is 4. The molecule has 0 fully saturated rings. The third kappa shape index (κ3) is 50.0. The number of hydrogen-bond acceptors (Lipinski definition) is 8. The Balaban J connectivity index is -0.000000129. The van der Waals surface area contributed by atoms with Crippen LogP contribution in [0.15, 0.2) is 12.1 Å². The Bertz CT molecular complexity index is 492. The number of rotatable bonds is 0. The smallest absolute Gasteiger partial charge is 0.300 e. The van der Waals surface area contributed by atoms with Gasteiger partial charge in [0.15, 0.2) is 11.5 Å². The number of phenolic OH excluding ortho intramolecular Hbond substituents is 4. The molecule has 150 valence electrons. The number of carbonyl (C=O) groups is 4. The maximum Gasteiger partial charge on any atom is 0.300 e. The average Bonchev–Trinajstić information content (AvgIpc) is 2.32. The van der Waals surface area contributed by atoms with Crippen LogP contribution < -0.4 is 0 Å². The van der Waals surface area contributed by atoms with E-state index in [1.54, 1.807) is 0 Å². The zero-order valence-corrected chi connectivity index (χ0v) is 14.4. The molecule has 12 heteroatoms. The number of aliphatic carboxylic acids is 4. The SMILES string of the molecule is CC(=O)O.CC(=O)O.CC(=O)O.CC(=O)O.Oc1cc(O)c(O)c(O)c1. The molecule has 8 N–H and O–H groups in total. The zero-order chi connectivity index (χ0) is 22.0. The molecule has 1 rings (SSSR count). The number of benzene rings is 1. The van der Waals surface area contributed by atoms with Crippen molar-refractivity contribution in [2.24, 2.45) is 0 Å². The molecule has 0 atom stereocenters. The maximum atomic E-state index is 9.00. The van der Waals surface area contributed by atoms with E-state index < -0.39 is 41.1 Å². The van der Waals surface area contributed by atoms with E-state index in [0.29, 0.717) is 0 Å². The molecule has 0 bridgehead atoms. The molecule has 0 amide bonds. The van der Waals surface area contributed by atoms with Crippen molar-refractivity contribution in [3.05, 3.63) is 12.1 Å². The fourth-order valence-corrected chi connectivity index (χ4v) is 0.590.